The van der Waals surface area contributed by atoms with Crippen molar-refractivity contribution in [3.63, 3.8) is 0 Å². The quantitative estimate of drug-likeness (QED) is 0.587. The van der Waals surface area contributed by atoms with Gasteiger partial charge in [0.15, 0.2) is 0 Å². The number of thiophene rings is 1. The van der Waals surface area contributed by atoms with Crippen LogP contribution in [0.4, 0.5) is 0 Å². The summed E-state index contributed by atoms with van der Waals surface area (Å²) in [6.45, 7) is 9.80. The predicted molar refractivity (Wildman–Crippen MR) is 101 cm³/mol. The molecule has 21 heavy (non-hydrogen) atoms. The molecule has 1 N–H and O–H groups in total. The molecule has 0 aliphatic carbocycles. The molecule has 2 rings (SSSR count). The summed E-state index contributed by atoms with van der Waals surface area (Å²) in [6, 6.07) is 7.11. The Hall–Kier alpha value is -0.160. The average molecular weight is 431 g/mol. The van der Waals surface area contributed by atoms with Crippen LogP contribution in [0, 0.1) is 20.8 Å². The molecule has 1 aromatic carbocycles. The Bertz CT molecular complexity index is 614. The lowest BCUT2D eigenvalue weighted by atomic mass is 9.95. The van der Waals surface area contributed by atoms with Gasteiger partial charge in [-0.1, -0.05) is 19.1 Å². The lowest BCUT2D eigenvalue weighted by Crippen LogP contribution is -2.23. The van der Waals surface area contributed by atoms with E-state index in [4.69, 9.17) is 0 Å². The number of rotatable bonds is 5. The SMILES string of the molecule is CCCNC(c1cc(Br)c(Br)s1)c1cc(C)c(C)cc1C. The second-order valence-electron chi connectivity index (χ2n) is 5.45. The van der Waals surface area contributed by atoms with Crippen molar-refractivity contribution in [3.05, 3.63) is 53.6 Å². The molecule has 0 fully saturated rings. The van der Waals surface area contributed by atoms with Gasteiger partial charge in [-0.2, -0.15) is 0 Å². The molecule has 114 valence electrons. The topological polar surface area (TPSA) is 12.0 Å². The first kappa shape index (κ1) is 17.2. The van der Waals surface area contributed by atoms with Gasteiger partial charge in [0.1, 0.15) is 0 Å². The average Bonchev–Trinajstić information content (AvgIpc) is 2.75. The van der Waals surface area contributed by atoms with Crippen molar-refractivity contribution < 1.29 is 0 Å². The molecule has 0 spiro atoms. The summed E-state index contributed by atoms with van der Waals surface area (Å²) in [7, 11) is 0. The second kappa shape index (κ2) is 7.40. The minimum absolute atomic E-state index is 0.261. The highest BCUT2D eigenvalue weighted by molar-refractivity contribution is 9.13. The minimum Gasteiger partial charge on any atom is -0.306 e. The van der Waals surface area contributed by atoms with Crippen LogP contribution in [-0.2, 0) is 0 Å². The Morgan fingerprint density at radius 1 is 1.05 bits per heavy atom. The van der Waals surface area contributed by atoms with E-state index in [0.717, 1.165) is 21.2 Å². The molecule has 0 amide bonds. The van der Waals surface area contributed by atoms with Gasteiger partial charge < -0.3 is 5.32 Å². The molecule has 1 unspecified atom stereocenters. The normalized spacial score (nSPS) is 12.7. The van der Waals surface area contributed by atoms with Crippen LogP contribution in [0.3, 0.4) is 0 Å². The highest BCUT2D eigenvalue weighted by Crippen LogP contribution is 2.38. The van der Waals surface area contributed by atoms with Crippen LogP contribution < -0.4 is 5.32 Å². The van der Waals surface area contributed by atoms with E-state index >= 15 is 0 Å². The van der Waals surface area contributed by atoms with Crippen LogP contribution in [0.1, 0.15) is 46.5 Å². The molecule has 0 saturated heterocycles. The summed E-state index contributed by atoms with van der Waals surface area (Å²) in [4.78, 5) is 1.34. The summed E-state index contributed by atoms with van der Waals surface area (Å²) < 4.78 is 2.29. The number of aryl methyl sites for hydroxylation is 3. The van der Waals surface area contributed by atoms with Crippen molar-refractivity contribution in [2.75, 3.05) is 6.54 Å². The maximum atomic E-state index is 3.70. The molecule has 0 bridgehead atoms. The molecule has 0 radical (unpaired) electrons. The predicted octanol–water partition coefficient (Wildman–Crippen LogP) is 6.29. The van der Waals surface area contributed by atoms with E-state index in [1.54, 1.807) is 11.3 Å². The standard InChI is InChI=1S/C17H21Br2NS/c1-5-6-20-16(15-9-14(18)17(19)21-15)13-8-11(3)10(2)7-12(13)4/h7-9,16,20H,5-6H2,1-4H3. The van der Waals surface area contributed by atoms with Gasteiger partial charge in [-0.15, -0.1) is 11.3 Å². The molecule has 1 nitrogen and oxygen atoms in total. The van der Waals surface area contributed by atoms with Crippen LogP contribution in [0.25, 0.3) is 0 Å². The van der Waals surface area contributed by atoms with E-state index in [1.807, 2.05) is 0 Å². The first-order chi connectivity index (χ1) is 9.93. The molecule has 0 saturated carbocycles. The highest BCUT2D eigenvalue weighted by atomic mass is 79.9. The van der Waals surface area contributed by atoms with Crippen molar-refractivity contribution >= 4 is 43.2 Å². The van der Waals surface area contributed by atoms with Crippen LogP contribution >= 0.6 is 43.2 Å². The number of nitrogens with one attached hydrogen (secondary N) is 1. The van der Waals surface area contributed by atoms with E-state index in [1.165, 1.54) is 27.1 Å². The fourth-order valence-corrected chi connectivity index (χ4v) is 4.64. The van der Waals surface area contributed by atoms with Gasteiger partial charge in [0.25, 0.3) is 0 Å². The van der Waals surface area contributed by atoms with E-state index in [9.17, 15) is 0 Å². The van der Waals surface area contributed by atoms with Gasteiger partial charge in [-0.25, -0.2) is 0 Å². The zero-order valence-electron chi connectivity index (χ0n) is 12.9. The van der Waals surface area contributed by atoms with Gasteiger partial charge >= 0.3 is 0 Å². The van der Waals surface area contributed by atoms with Crippen molar-refractivity contribution in [1.82, 2.24) is 5.32 Å². The van der Waals surface area contributed by atoms with E-state index in [2.05, 4.69) is 83.1 Å². The summed E-state index contributed by atoms with van der Waals surface area (Å²) in [6.07, 6.45) is 1.13. The summed E-state index contributed by atoms with van der Waals surface area (Å²) in [5.41, 5.74) is 5.45. The number of halogens is 2. The van der Waals surface area contributed by atoms with Crippen molar-refractivity contribution in [2.45, 2.75) is 40.2 Å². The summed E-state index contributed by atoms with van der Waals surface area (Å²) in [5.74, 6) is 0. The Morgan fingerprint density at radius 2 is 1.71 bits per heavy atom. The monoisotopic (exact) mass is 429 g/mol. The van der Waals surface area contributed by atoms with Crippen molar-refractivity contribution in [1.29, 1.82) is 0 Å². The van der Waals surface area contributed by atoms with Crippen LogP contribution in [0.15, 0.2) is 26.5 Å². The van der Waals surface area contributed by atoms with Gasteiger partial charge in [0, 0.05) is 9.35 Å². The largest absolute Gasteiger partial charge is 0.306 e. The molecular formula is C17H21Br2NS. The van der Waals surface area contributed by atoms with E-state index < -0.39 is 0 Å². The lowest BCUT2D eigenvalue weighted by Gasteiger charge is -2.21. The molecule has 0 aliphatic rings. The Balaban J connectivity index is 2.47. The first-order valence-corrected chi connectivity index (χ1v) is 9.60. The van der Waals surface area contributed by atoms with E-state index in [0.29, 0.717) is 0 Å². The molecule has 0 aliphatic heterocycles. The summed E-state index contributed by atoms with van der Waals surface area (Å²) >= 11 is 9.01. The molecule has 1 heterocycles. The molecular weight excluding hydrogens is 410 g/mol. The fraction of sp³-hybridized carbons (Fsp3) is 0.412. The van der Waals surface area contributed by atoms with Crippen LogP contribution in [-0.4, -0.2) is 6.54 Å². The highest BCUT2D eigenvalue weighted by Gasteiger charge is 2.19. The molecule has 2 aromatic rings. The maximum Gasteiger partial charge on any atom is 0.0843 e. The molecule has 4 heteroatoms. The molecule has 1 aromatic heterocycles. The first-order valence-electron chi connectivity index (χ1n) is 7.19. The maximum absolute atomic E-state index is 3.70. The van der Waals surface area contributed by atoms with Gasteiger partial charge in [-0.3, -0.25) is 0 Å². The van der Waals surface area contributed by atoms with Gasteiger partial charge in [0.05, 0.1) is 9.83 Å². The number of benzene rings is 1. The van der Waals surface area contributed by atoms with Crippen LogP contribution in [0.5, 0.6) is 0 Å². The van der Waals surface area contributed by atoms with Crippen molar-refractivity contribution in [2.24, 2.45) is 0 Å². The van der Waals surface area contributed by atoms with Gasteiger partial charge in [0.2, 0.25) is 0 Å². The second-order valence-corrected chi connectivity index (χ2v) is 8.71. The third-order valence-electron chi connectivity index (χ3n) is 3.74. The lowest BCUT2D eigenvalue weighted by molar-refractivity contribution is 0.603. The fourth-order valence-electron chi connectivity index (χ4n) is 2.45. The van der Waals surface area contributed by atoms with E-state index in [-0.39, 0.29) is 6.04 Å². The van der Waals surface area contributed by atoms with Gasteiger partial charge in [-0.05, 0) is 93.9 Å². The number of hydrogen-bond acceptors (Lipinski definition) is 2. The van der Waals surface area contributed by atoms with Crippen LogP contribution in [0.2, 0.25) is 0 Å². The Morgan fingerprint density at radius 3 is 2.29 bits per heavy atom. The number of hydrogen-bond donors (Lipinski definition) is 1. The zero-order chi connectivity index (χ0) is 15.6. The zero-order valence-corrected chi connectivity index (χ0v) is 16.9. The third-order valence-corrected chi connectivity index (χ3v) is 7.06. The minimum atomic E-state index is 0.261. The third kappa shape index (κ3) is 3.98. The Labute approximate surface area is 148 Å². The summed E-state index contributed by atoms with van der Waals surface area (Å²) in [5, 5.41) is 3.70. The molecule has 1 atom stereocenters. The smallest absolute Gasteiger partial charge is 0.0843 e. The Kier molecular flexibility index (Phi) is 6.06. The van der Waals surface area contributed by atoms with Crippen molar-refractivity contribution in [3.8, 4) is 0 Å².